The van der Waals surface area contributed by atoms with Crippen molar-refractivity contribution < 1.29 is 32.3 Å². The number of halogens is 5. The fourth-order valence-electron chi connectivity index (χ4n) is 2.81. The van der Waals surface area contributed by atoms with Gasteiger partial charge < -0.3 is 15.7 Å². The summed E-state index contributed by atoms with van der Waals surface area (Å²) in [4.78, 5) is 25.0. The SMILES string of the molecule is Cc1ccc(C(=O)Nc2ccc(C(F)(F)F)cc2NC(=O)c2ccc(Cl)cc2O)c(F)c1. The zero-order chi connectivity index (χ0) is 23.6. The van der Waals surface area contributed by atoms with Gasteiger partial charge in [0.1, 0.15) is 11.6 Å². The molecule has 0 heterocycles. The second-order valence-electron chi connectivity index (χ2n) is 6.81. The van der Waals surface area contributed by atoms with Crippen LogP contribution in [0.1, 0.15) is 31.8 Å². The van der Waals surface area contributed by atoms with E-state index in [1.807, 2.05) is 0 Å². The van der Waals surface area contributed by atoms with Crippen LogP contribution in [0.5, 0.6) is 5.75 Å². The van der Waals surface area contributed by atoms with Crippen LogP contribution < -0.4 is 10.6 Å². The van der Waals surface area contributed by atoms with Crippen molar-refractivity contribution in [3.63, 3.8) is 0 Å². The Balaban J connectivity index is 1.97. The van der Waals surface area contributed by atoms with Crippen molar-refractivity contribution in [2.75, 3.05) is 10.6 Å². The molecule has 166 valence electrons. The van der Waals surface area contributed by atoms with Crippen LogP contribution in [-0.4, -0.2) is 16.9 Å². The molecule has 0 aliphatic rings. The normalized spacial score (nSPS) is 11.2. The minimum absolute atomic E-state index is 0.145. The zero-order valence-electron chi connectivity index (χ0n) is 16.3. The van der Waals surface area contributed by atoms with Gasteiger partial charge in [-0.05, 0) is 61.0 Å². The summed E-state index contributed by atoms with van der Waals surface area (Å²) >= 11 is 5.72. The maximum Gasteiger partial charge on any atom is 0.416 e. The van der Waals surface area contributed by atoms with Gasteiger partial charge in [0.25, 0.3) is 11.8 Å². The van der Waals surface area contributed by atoms with E-state index in [0.29, 0.717) is 17.7 Å². The summed E-state index contributed by atoms with van der Waals surface area (Å²) in [6.45, 7) is 1.63. The van der Waals surface area contributed by atoms with Crippen molar-refractivity contribution in [2.45, 2.75) is 13.1 Å². The Labute approximate surface area is 184 Å². The molecule has 0 aliphatic heterocycles. The lowest BCUT2D eigenvalue weighted by molar-refractivity contribution is -0.137. The summed E-state index contributed by atoms with van der Waals surface area (Å²) in [5.41, 5.74) is -1.71. The minimum atomic E-state index is -4.73. The van der Waals surface area contributed by atoms with E-state index < -0.39 is 40.8 Å². The summed E-state index contributed by atoms with van der Waals surface area (Å²) in [7, 11) is 0. The Bertz CT molecular complexity index is 1210. The highest BCUT2D eigenvalue weighted by atomic mass is 35.5. The Kier molecular flexibility index (Phi) is 6.40. The Hall–Kier alpha value is -3.59. The smallest absolute Gasteiger partial charge is 0.416 e. The Morgan fingerprint density at radius 3 is 2.12 bits per heavy atom. The summed E-state index contributed by atoms with van der Waals surface area (Å²) < 4.78 is 53.7. The van der Waals surface area contributed by atoms with E-state index in [0.717, 1.165) is 18.2 Å². The molecule has 0 saturated carbocycles. The van der Waals surface area contributed by atoms with Crippen LogP contribution >= 0.6 is 11.6 Å². The summed E-state index contributed by atoms with van der Waals surface area (Å²) in [6, 6.07) is 9.70. The Morgan fingerprint density at radius 2 is 1.50 bits per heavy atom. The van der Waals surface area contributed by atoms with Gasteiger partial charge in [-0.3, -0.25) is 9.59 Å². The second-order valence-corrected chi connectivity index (χ2v) is 7.25. The molecule has 0 saturated heterocycles. The first-order valence-corrected chi connectivity index (χ1v) is 9.42. The third-order valence-corrected chi connectivity index (χ3v) is 4.65. The largest absolute Gasteiger partial charge is 0.507 e. The molecule has 0 fully saturated rings. The maximum absolute atomic E-state index is 14.1. The molecule has 3 N–H and O–H groups in total. The summed E-state index contributed by atoms with van der Waals surface area (Å²) in [5.74, 6) is -3.18. The molecule has 0 bridgehead atoms. The molecule has 0 radical (unpaired) electrons. The van der Waals surface area contributed by atoms with Crippen LogP contribution in [0.15, 0.2) is 54.6 Å². The summed E-state index contributed by atoms with van der Waals surface area (Å²) in [5, 5.41) is 14.6. The number of carbonyl (C=O) groups is 2. The standard InChI is InChI=1S/C22H15ClF4N2O3/c1-11-2-5-14(16(24)8-11)20(31)28-17-7-3-12(22(25,26)27)9-18(17)29-21(32)15-6-4-13(23)10-19(15)30/h2-10,30H,1H3,(H,28,31)(H,29,32). The van der Waals surface area contributed by atoms with Gasteiger partial charge in [-0.1, -0.05) is 17.7 Å². The number of benzene rings is 3. The van der Waals surface area contributed by atoms with Crippen molar-refractivity contribution in [1.82, 2.24) is 0 Å². The molecule has 3 aromatic rings. The Morgan fingerprint density at radius 1 is 0.875 bits per heavy atom. The number of aromatic hydroxyl groups is 1. The third kappa shape index (κ3) is 5.17. The maximum atomic E-state index is 14.1. The number of rotatable bonds is 4. The number of nitrogens with one attached hydrogen (secondary N) is 2. The van der Waals surface area contributed by atoms with Gasteiger partial charge in [-0.2, -0.15) is 13.2 Å². The van der Waals surface area contributed by atoms with Gasteiger partial charge >= 0.3 is 6.18 Å². The number of carbonyl (C=O) groups excluding carboxylic acids is 2. The third-order valence-electron chi connectivity index (χ3n) is 4.42. The molecule has 32 heavy (non-hydrogen) atoms. The molecular formula is C22H15ClF4N2O3. The molecule has 10 heteroatoms. The molecule has 0 unspecified atom stereocenters. The lowest BCUT2D eigenvalue weighted by Gasteiger charge is -2.16. The van der Waals surface area contributed by atoms with E-state index in [9.17, 15) is 32.3 Å². The van der Waals surface area contributed by atoms with E-state index in [2.05, 4.69) is 10.6 Å². The van der Waals surface area contributed by atoms with E-state index >= 15 is 0 Å². The van der Waals surface area contributed by atoms with Gasteiger partial charge in [-0.15, -0.1) is 0 Å². The molecule has 0 aromatic heterocycles. The first kappa shape index (κ1) is 23.1. The molecule has 5 nitrogen and oxygen atoms in total. The topological polar surface area (TPSA) is 78.4 Å². The quantitative estimate of drug-likeness (QED) is 0.412. The molecule has 0 aliphatic carbocycles. The average molecular weight is 467 g/mol. The predicted molar refractivity (Wildman–Crippen MR) is 112 cm³/mol. The van der Waals surface area contributed by atoms with Crippen LogP contribution in [-0.2, 0) is 6.18 Å². The molecule has 3 aromatic carbocycles. The molecular weight excluding hydrogens is 452 g/mol. The number of phenolic OH excluding ortho intramolecular Hbond substituents is 1. The van der Waals surface area contributed by atoms with Crippen LogP contribution in [0.25, 0.3) is 0 Å². The first-order valence-electron chi connectivity index (χ1n) is 9.04. The zero-order valence-corrected chi connectivity index (χ0v) is 17.1. The van der Waals surface area contributed by atoms with E-state index in [1.165, 1.54) is 24.3 Å². The molecule has 2 amide bonds. The van der Waals surface area contributed by atoms with Crippen LogP contribution in [0.4, 0.5) is 28.9 Å². The number of alkyl halides is 3. The molecule has 0 spiro atoms. The molecule has 0 atom stereocenters. The van der Waals surface area contributed by atoms with E-state index in [1.54, 1.807) is 6.92 Å². The van der Waals surface area contributed by atoms with Crippen molar-refractivity contribution >= 4 is 34.8 Å². The fourth-order valence-corrected chi connectivity index (χ4v) is 2.98. The lowest BCUT2D eigenvalue weighted by Crippen LogP contribution is -2.18. The minimum Gasteiger partial charge on any atom is -0.507 e. The number of phenols is 1. The molecule has 3 rings (SSSR count). The highest BCUT2D eigenvalue weighted by Gasteiger charge is 2.31. The van der Waals surface area contributed by atoms with Gasteiger partial charge in [-0.25, -0.2) is 4.39 Å². The predicted octanol–water partition coefficient (Wildman–Crippen LogP) is 6.02. The van der Waals surface area contributed by atoms with Gasteiger partial charge in [0.05, 0.1) is 28.1 Å². The van der Waals surface area contributed by atoms with Gasteiger partial charge in [0.2, 0.25) is 0 Å². The number of anilines is 2. The average Bonchev–Trinajstić information content (AvgIpc) is 2.68. The van der Waals surface area contributed by atoms with Crippen molar-refractivity contribution in [1.29, 1.82) is 0 Å². The second kappa shape index (κ2) is 8.88. The fraction of sp³-hybridized carbons (Fsp3) is 0.0909. The van der Waals surface area contributed by atoms with Crippen LogP contribution in [0, 0.1) is 12.7 Å². The van der Waals surface area contributed by atoms with E-state index in [-0.39, 0.29) is 21.8 Å². The lowest BCUT2D eigenvalue weighted by atomic mass is 10.1. The number of amides is 2. The van der Waals surface area contributed by atoms with E-state index in [4.69, 9.17) is 11.6 Å². The highest BCUT2D eigenvalue weighted by Crippen LogP contribution is 2.35. The number of hydrogen-bond acceptors (Lipinski definition) is 3. The van der Waals surface area contributed by atoms with Crippen molar-refractivity contribution in [2.24, 2.45) is 0 Å². The number of aryl methyl sites for hydroxylation is 1. The monoisotopic (exact) mass is 466 g/mol. The summed E-state index contributed by atoms with van der Waals surface area (Å²) in [6.07, 6.45) is -4.73. The highest BCUT2D eigenvalue weighted by molar-refractivity contribution is 6.31. The van der Waals surface area contributed by atoms with Crippen molar-refractivity contribution in [3.8, 4) is 5.75 Å². The van der Waals surface area contributed by atoms with Gasteiger partial charge in [0, 0.05) is 5.02 Å². The van der Waals surface area contributed by atoms with Crippen LogP contribution in [0.2, 0.25) is 5.02 Å². The van der Waals surface area contributed by atoms with Crippen LogP contribution in [0.3, 0.4) is 0 Å². The van der Waals surface area contributed by atoms with Crippen molar-refractivity contribution in [3.05, 3.63) is 87.7 Å². The number of hydrogen-bond donors (Lipinski definition) is 3. The van der Waals surface area contributed by atoms with Gasteiger partial charge in [0.15, 0.2) is 0 Å². The first-order chi connectivity index (χ1) is 15.0.